The van der Waals surface area contributed by atoms with Gasteiger partial charge in [-0.25, -0.2) is 4.79 Å². The highest BCUT2D eigenvalue weighted by Gasteiger charge is 2.66. The summed E-state index contributed by atoms with van der Waals surface area (Å²) in [5, 5.41) is 12.7. The third kappa shape index (κ3) is 4.35. The lowest BCUT2D eigenvalue weighted by Gasteiger charge is -2.68. The van der Waals surface area contributed by atoms with Crippen LogP contribution in [0.1, 0.15) is 114 Å². The topological polar surface area (TPSA) is 79.3 Å². The van der Waals surface area contributed by atoms with E-state index >= 15 is 0 Å². The van der Waals surface area contributed by atoms with E-state index in [0.717, 1.165) is 25.0 Å². The van der Waals surface area contributed by atoms with Crippen LogP contribution in [0.5, 0.6) is 0 Å². The van der Waals surface area contributed by atoms with Crippen molar-refractivity contribution in [2.75, 3.05) is 0 Å². The standard InChI is InChI=1S/C39H50N2O3/c1-36(2)29(25-10-12-26(13-11-25)34(42)43)16-20-38(4)32(36)18-21-37(3)30-17-22-39(35(44)41-24-27-8-5-6-23-40-27)19-7-9-31(39)28(30)14-15-33(37)38/h5-6,8,10-13,16,23,28,30-33H,7,9,14-15,17-22,24H2,1-4H3,(H,41,44)(H,42,43)/t28-,30?,31?,32?,33?,37-,38-,39-/m0/s1. The zero-order chi connectivity index (χ0) is 30.9. The van der Waals surface area contributed by atoms with Crippen LogP contribution in [0.4, 0.5) is 0 Å². The van der Waals surface area contributed by atoms with Crippen molar-refractivity contribution in [2.24, 2.45) is 51.2 Å². The second-order valence-corrected chi connectivity index (χ2v) is 16.1. The van der Waals surface area contributed by atoms with Gasteiger partial charge in [0.1, 0.15) is 0 Å². The lowest BCUT2D eigenvalue weighted by Crippen LogP contribution is -2.62. The summed E-state index contributed by atoms with van der Waals surface area (Å²) in [4.78, 5) is 29.9. The molecular formula is C39H50N2O3. The average Bonchev–Trinajstić information content (AvgIpc) is 3.46. The van der Waals surface area contributed by atoms with E-state index in [9.17, 15) is 14.7 Å². The minimum atomic E-state index is -0.870. The van der Waals surface area contributed by atoms with Gasteiger partial charge in [0.05, 0.1) is 23.2 Å². The van der Waals surface area contributed by atoms with E-state index in [2.05, 4.69) is 44.1 Å². The van der Waals surface area contributed by atoms with Crippen molar-refractivity contribution >= 4 is 17.4 Å². The quantitative estimate of drug-likeness (QED) is 0.364. The molecule has 0 saturated heterocycles. The molecule has 8 atom stereocenters. The highest BCUT2D eigenvalue weighted by atomic mass is 16.4. The Hall–Kier alpha value is -2.95. The first-order chi connectivity index (χ1) is 21.0. The van der Waals surface area contributed by atoms with Crippen molar-refractivity contribution < 1.29 is 14.7 Å². The number of hydrogen-bond acceptors (Lipinski definition) is 3. The van der Waals surface area contributed by atoms with Gasteiger partial charge in [-0.15, -0.1) is 0 Å². The van der Waals surface area contributed by atoms with Crippen molar-refractivity contribution in [1.29, 1.82) is 0 Å². The molecule has 0 spiro atoms. The van der Waals surface area contributed by atoms with Crippen LogP contribution in [0.2, 0.25) is 0 Å². The van der Waals surface area contributed by atoms with Gasteiger partial charge < -0.3 is 10.4 Å². The smallest absolute Gasteiger partial charge is 0.335 e. The summed E-state index contributed by atoms with van der Waals surface area (Å²) < 4.78 is 0. The predicted octanol–water partition coefficient (Wildman–Crippen LogP) is 8.55. The SMILES string of the molecule is CC1(C)C(c2ccc(C(=O)O)cc2)=CC[C@@]2(C)C1CC[C@@]1(C)C3CC[C@@]4(C(=O)NCc5ccccn5)CCCC4[C@H]3CCC12. The number of fused-ring (bicyclic) bond motifs is 7. The summed E-state index contributed by atoms with van der Waals surface area (Å²) in [6.45, 7) is 10.7. The first-order valence-corrected chi connectivity index (χ1v) is 17.2. The van der Waals surface area contributed by atoms with Gasteiger partial charge in [-0.05, 0) is 139 Å². The Morgan fingerprint density at radius 1 is 0.864 bits per heavy atom. The Kier molecular flexibility index (Phi) is 7.14. The fourth-order valence-electron chi connectivity index (χ4n) is 12.3. The average molecular weight is 595 g/mol. The largest absolute Gasteiger partial charge is 0.478 e. The molecule has 1 aromatic heterocycles. The Balaban J connectivity index is 1.13. The van der Waals surface area contributed by atoms with Gasteiger partial charge in [0, 0.05) is 6.20 Å². The number of carboxylic acid groups (broad SMARTS) is 1. The number of carbonyl (C=O) groups is 2. The highest BCUT2D eigenvalue weighted by Crippen LogP contribution is 2.73. The number of amides is 1. The molecule has 0 bridgehead atoms. The maximum atomic E-state index is 13.9. The molecule has 1 amide bonds. The number of rotatable bonds is 5. The predicted molar refractivity (Wildman–Crippen MR) is 174 cm³/mol. The minimum Gasteiger partial charge on any atom is -0.478 e. The number of benzene rings is 1. The number of carbonyl (C=O) groups excluding carboxylic acids is 1. The molecule has 5 heteroatoms. The number of carboxylic acids is 1. The molecule has 0 aliphatic heterocycles. The molecule has 4 unspecified atom stereocenters. The Bertz CT molecular complexity index is 1460. The van der Waals surface area contributed by atoms with E-state index in [1.807, 2.05) is 30.3 Å². The zero-order valence-electron chi connectivity index (χ0n) is 27.1. The summed E-state index contributed by atoms with van der Waals surface area (Å²) in [6.07, 6.45) is 16.1. The van der Waals surface area contributed by atoms with Crippen molar-refractivity contribution in [3.8, 4) is 0 Å². The number of nitrogens with one attached hydrogen (secondary N) is 1. The molecule has 234 valence electrons. The molecule has 4 fully saturated rings. The number of nitrogens with zero attached hydrogens (tertiary/aromatic N) is 1. The fraction of sp³-hybridized carbons (Fsp3) is 0.615. The monoisotopic (exact) mass is 594 g/mol. The van der Waals surface area contributed by atoms with Gasteiger partial charge in [-0.2, -0.15) is 0 Å². The van der Waals surface area contributed by atoms with Crippen molar-refractivity contribution in [3.63, 3.8) is 0 Å². The molecule has 2 aromatic rings. The number of aromatic nitrogens is 1. The summed E-state index contributed by atoms with van der Waals surface area (Å²) >= 11 is 0. The first kappa shape index (κ1) is 29.7. The summed E-state index contributed by atoms with van der Waals surface area (Å²) in [5.41, 5.74) is 4.24. The van der Waals surface area contributed by atoms with Gasteiger partial charge in [0.15, 0.2) is 0 Å². The van der Waals surface area contributed by atoms with E-state index in [4.69, 9.17) is 0 Å². The van der Waals surface area contributed by atoms with E-state index < -0.39 is 5.97 Å². The molecule has 5 aliphatic rings. The van der Waals surface area contributed by atoms with Gasteiger partial charge in [0.25, 0.3) is 0 Å². The Morgan fingerprint density at radius 3 is 2.39 bits per heavy atom. The molecule has 7 rings (SSSR count). The molecule has 0 radical (unpaired) electrons. The third-order valence-corrected chi connectivity index (χ3v) is 14.1. The number of allylic oxidation sites excluding steroid dienone is 2. The second kappa shape index (κ2) is 10.6. The van der Waals surface area contributed by atoms with Gasteiger partial charge in [-0.1, -0.05) is 58.4 Å². The third-order valence-electron chi connectivity index (χ3n) is 14.1. The lowest BCUT2D eigenvalue weighted by molar-refractivity contribution is -0.181. The summed E-state index contributed by atoms with van der Waals surface area (Å²) in [6, 6.07) is 13.5. The van der Waals surface area contributed by atoms with Gasteiger partial charge in [-0.3, -0.25) is 9.78 Å². The maximum Gasteiger partial charge on any atom is 0.335 e. The van der Waals surface area contributed by atoms with Crippen LogP contribution in [0.15, 0.2) is 54.7 Å². The molecule has 5 aliphatic carbocycles. The molecule has 1 aromatic carbocycles. The minimum absolute atomic E-state index is 0.0226. The van der Waals surface area contributed by atoms with Crippen LogP contribution < -0.4 is 5.32 Å². The molecule has 4 saturated carbocycles. The Labute approximate surface area is 263 Å². The van der Waals surface area contributed by atoms with Crippen LogP contribution >= 0.6 is 0 Å². The lowest BCUT2D eigenvalue weighted by atomic mass is 9.36. The number of hydrogen-bond donors (Lipinski definition) is 2. The molecule has 5 nitrogen and oxygen atoms in total. The summed E-state index contributed by atoms with van der Waals surface area (Å²) in [7, 11) is 0. The van der Waals surface area contributed by atoms with Crippen LogP contribution in [-0.4, -0.2) is 22.0 Å². The molecule has 1 heterocycles. The van der Waals surface area contributed by atoms with E-state index in [0.29, 0.717) is 47.1 Å². The van der Waals surface area contributed by atoms with Crippen LogP contribution in [0.25, 0.3) is 5.57 Å². The van der Waals surface area contributed by atoms with E-state index in [1.54, 1.807) is 18.3 Å². The number of aromatic carboxylic acids is 1. The Morgan fingerprint density at radius 2 is 1.66 bits per heavy atom. The zero-order valence-corrected chi connectivity index (χ0v) is 27.1. The second-order valence-electron chi connectivity index (χ2n) is 16.1. The summed E-state index contributed by atoms with van der Waals surface area (Å²) in [5.74, 6) is 2.57. The van der Waals surface area contributed by atoms with E-state index in [1.165, 1.54) is 56.1 Å². The molecule has 2 N–H and O–H groups in total. The van der Waals surface area contributed by atoms with E-state index in [-0.39, 0.29) is 22.2 Å². The van der Waals surface area contributed by atoms with Gasteiger partial charge >= 0.3 is 5.97 Å². The van der Waals surface area contributed by atoms with Crippen molar-refractivity contribution in [2.45, 2.75) is 98.4 Å². The normalized spacial score (nSPS) is 38.7. The van der Waals surface area contributed by atoms with Crippen molar-refractivity contribution in [1.82, 2.24) is 10.3 Å². The molecular weight excluding hydrogens is 544 g/mol. The van der Waals surface area contributed by atoms with Crippen LogP contribution in [0, 0.1) is 51.2 Å². The number of pyridine rings is 1. The maximum absolute atomic E-state index is 13.9. The molecule has 44 heavy (non-hydrogen) atoms. The van der Waals surface area contributed by atoms with Crippen molar-refractivity contribution in [3.05, 3.63) is 71.6 Å². The van der Waals surface area contributed by atoms with Crippen LogP contribution in [0.3, 0.4) is 0 Å². The van der Waals surface area contributed by atoms with Crippen LogP contribution in [-0.2, 0) is 11.3 Å². The first-order valence-electron chi connectivity index (χ1n) is 17.2. The van der Waals surface area contributed by atoms with Gasteiger partial charge in [0.2, 0.25) is 5.91 Å². The fourth-order valence-corrected chi connectivity index (χ4v) is 12.3. The highest BCUT2D eigenvalue weighted by molar-refractivity contribution is 5.88.